The Balaban J connectivity index is 1.58. The molecule has 3 rings (SSSR count). The molecule has 0 fully saturated rings. The van der Waals surface area contributed by atoms with Crippen LogP contribution in [0.1, 0.15) is 18.2 Å². The highest BCUT2D eigenvalue weighted by Gasteiger charge is 2.18. The van der Waals surface area contributed by atoms with Crippen molar-refractivity contribution >= 4 is 34.7 Å². The van der Waals surface area contributed by atoms with Gasteiger partial charge in [0.1, 0.15) is 22.3 Å². The van der Waals surface area contributed by atoms with Gasteiger partial charge in [0.25, 0.3) is 0 Å². The standard InChI is InChI=1S/C20H18F2N2OS2/c1-12-6-8-14(9-7-12)20-23-15(11-27-20)10-26-13(2)19(25)24-18-16(21)4-3-5-17(18)22/h3-9,11,13H,10H2,1-2H3,(H,24,25). The van der Waals surface area contributed by atoms with Crippen LogP contribution in [-0.2, 0) is 10.5 Å². The normalized spacial score (nSPS) is 12.0. The van der Waals surface area contributed by atoms with Crippen LogP contribution in [-0.4, -0.2) is 16.1 Å². The van der Waals surface area contributed by atoms with Gasteiger partial charge in [-0.15, -0.1) is 23.1 Å². The summed E-state index contributed by atoms with van der Waals surface area (Å²) in [5, 5.41) is 4.73. The SMILES string of the molecule is Cc1ccc(-c2nc(CSC(C)C(=O)Nc3c(F)cccc3F)cs2)cc1. The van der Waals surface area contributed by atoms with Crippen LogP contribution in [0.4, 0.5) is 14.5 Å². The summed E-state index contributed by atoms with van der Waals surface area (Å²) in [6, 6.07) is 11.6. The molecule has 0 bridgehead atoms. The predicted octanol–water partition coefficient (Wildman–Crippen LogP) is 5.66. The number of nitrogens with zero attached hydrogens (tertiary/aromatic N) is 1. The third kappa shape index (κ3) is 4.93. The second-order valence-corrected chi connectivity index (χ2v) is 8.24. The second-order valence-electron chi connectivity index (χ2n) is 6.05. The van der Waals surface area contributed by atoms with Gasteiger partial charge in [-0.3, -0.25) is 4.79 Å². The van der Waals surface area contributed by atoms with Crippen LogP contribution in [0, 0.1) is 18.6 Å². The minimum absolute atomic E-state index is 0.412. The van der Waals surface area contributed by atoms with Gasteiger partial charge in [-0.2, -0.15) is 0 Å². The summed E-state index contributed by atoms with van der Waals surface area (Å²) in [4.78, 5) is 16.8. The molecule has 3 aromatic rings. The van der Waals surface area contributed by atoms with Gasteiger partial charge in [-0.05, 0) is 26.0 Å². The molecule has 1 unspecified atom stereocenters. The van der Waals surface area contributed by atoms with Gasteiger partial charge < -0.3 is 5.32 Å². The molecule has 1 aromatic heterocycles. The van der Waals surface area contributed by atoms with E-state index in [2.05, 4.69) is 10.3 Å². The van der Waals surface area contributed by atoms with Crippen molar-refractivity contribution in [3.63, 3.8) is 0 Å². The number of nitrogens with one attached hydrogen (secondary N) is 1. The topological polar surface area (TPSA) is 42.0 Å². The summed E-state index contributed by atoms with van der Waals surface area (Å²) >= 11 is 2.92. The van der Waals surface area contributed by atoms with Crippen LogP contribution in [0.25, 0.3) is 10.6 Å². The zero-order valence-corrected chi connectivity index (χ0v) is 16.5. The molecule has 0 spiro atoms. The highest BCUT2D eigenvalue weighted by molar-refractivity contribution is 7.99. The number of carbonyl (C=O) groups excluding carboxylic acids is 1. The quantitative estimate of drug-likeness (QED) is 0.577. The van der Waals surface area contributed by atoms with Crippen molar-refractivity contribution < 1.29 is 13.6 Å². The van der Waals surface area contributed by atoms with E-state index in [1.807, 2.05) is 36.6 Å². The van der Waals surface area contributed by atoms with E-state index in [1.165, 1.54) is 23.4 Å². The Morgan fingerprint density at radius 1 is 1.19 bits per heavy atom. The molecule has 0 aliphatic rings. The average Bonchev–Trinajstić information content (AvgIpc) is 3.12. The number of carbonyl (C=O) groups is 1. The third-order valence-electron chi connectivity index (χ3n) is 3.91. The van der Waals surface area contributed by atoms with Crippen LogP contribution in [0.2, 0.25) is 0 Å². The summed E-state index contributed by atoms with van der Waals surface area (Å²) in [6.45, 7) is 3.74. The lowest BCUT2D eigenvalue weighted by Gasteiger charge is -2.12. The van der Waals surface area contributed by atoms with Crippen molar-refractivity contribution in [3.05, 3.63) is 70.7 Å². The van der Waals surface area contributed by atoms with Gasteiger partial charge >= 0.3 is 0 Å². The fraction of sp³-hybridized carbons (Fsp3) is 0.200. The Morgan fingerprint density at radius 3 is 2.52 bits per heavy atom. The molecule has 1 amide bonds. The first-order chi connectivity index (χ1) is 12.9. The van der Waals surface area contributed by atoms with Crippen LogP contribution < -0.4 is 5.32 Å². The van der Waals surface area contributed by atoms with Crippen LogP contribution in [0.3, 0.4) is 0 Å². The van der Waals surface area contributed by atoms with Gasteiger partial charge in [0.05, 0.1) is 10.9 Å². The van der Waals surface area contributed by atoms with E-state index >= 15 is 0 Å². The third-order valence-corrected chi connectivity index (χ3v) is 6.03. The number of amides is 1. The van der Waals surface area contributed by atoms with Gasteiger partial charge in [0, 0.05) is 16.7 Å². The molecule has 1 N–H and O–H groups in total. The number of rotatable bonds is 6. The smallest absolute Gasteiger partial charge is 0.237 e. The first-order valence-electron chi connectivity index (χ1n) is 8.32. The maximum absolute atomic E-state index is 13.6. The second kappa shape index (κ2) is 8.63. The fourth-order valence-electron chi connectivity index (χ4n) is 2.33. The maximum atomic E-state index is 13.6. The Hall–Kier alpha value is -2.25. The van der Waals surface area contributed by atoms with Crippen molar-refractivity contribution in [2.24, 2.45) is 0 Å². The number of thiazole rings is 1. The van der Waals surface area contributed by atoms with E-state index in [-0.39, 0.29) is 0 Å². The molecule has 1 atom stereocenters. The summed E-state index contributed by atoms with van der Waals surface area (Å²) in [5.41, 5.74) is 2.71. The lowest BCUT2D eigenvalue weighted by Crippen LogP contribution is -2.23. The number of anilines is 1. The number of benzene rings is 2. The summed E-state index contributed by atoms with van der Waals surface area (Å²) in [7, 11) is 0. The Labute approximate surface area is 164 Å². The molecule has 140 valence electrons. The summed E-state index contributed by atoms with van der Waals surface area (Å²) in [6.07, 6.45) is 0. The average molecular weight is 405 g/mol. The number of aryl methyl sites for hydroxylation is 1. The predicted molar refractivity (Wildman–Crippen MR) is 108 cm³/mol. The van der Waals surface area contributed by atoms with Crippen molar-refractivity contribution in [2.45, 2.75) is 24.9 Å². The zero-order valence-electron chi connectivity index (χ0n) is 14.8. The highest BCUT2D eigenvalue weighted by atomic mass is 32.2. The lowest BCUT2D eigenvalue weighted by molar-refractivity contribution is -0.115. The molecule has 3 nitrogen and oxygen atoms in total. The van der Waals surface area contributed by atoms with Gasteiger partial charge in [0.2, 0.25) is 5.91 Å². The molecule has 2 aromatic carbocycles. The molecular weight excluding hydrogens is 386 g/mol. The number of thioether (sulfide) groups is 1. The van der Waals surface area contributed by atoms with Crippen LogP contribution >= 0.6 is 23.1 Å². The highest BCUT2D eigenvalue weighted by Crippen LogP contribution is 2.27. The van der Waals surface area contributed by atoms with Crippen molar-refractivity contribution in [3.8, 4) is 10.6 Å². The number of halogens is 2. The number of aromatic nitrogens is 1. The van der Waals surface area contributed by atoms with Crippen LogP contribution in [0.5, 0.6) is 0 Å². The van der Waals surface area contributed by atoms with Crippen molar-refractivity contribution in [1.82, 2.24) is 4.98 Å². The van der Waals surface area contributed by atoms with E-state index in [1.54, 1.807) is 18.3 Å². The number of hydrogen-bond acceptors (Lipinski definition) is 4. The molecule has 27 heavy (non-hydrogen) atoms. The fourth-order valence-corrected chi connectivity index (χ4v) is 4.04. The minimum atomic E-state index is -0.789. The molecule has 0 aliphatic heterocycles. The molecule has 7 heteroatoms. The summed E-state index contributed by atoms with van der Waals surface area (Å²) in [5.74, 6) is -1.49. The molecule has 0 aliphatic carbocycles. The number of para-hydroxylation sites is 1. The molecule has 1 heterocycles. The van der Waals surface area contributed by atoms with E-state index in [4.69, 9.17) is 0 Å². The first-order valence-corrected chi connectivity index (χ1v) is 10.2. The van der Waals surface area contributed by atoms with E-state index in [0.717, 1.165) is 28.4 Å². The largest absolute Gasteiger partial charge is 0.320 e. The monoisotopic (exact) mass is 404 g/mol. The van der Waals surface area contributed by atoms with Gasteiger partial charge in [0.15, 0.2) is 0 Å². The van der Waals surface area contributed by atoms with Gasteiger partial charge in [-0.1, -0.05) is 35.9 Å². The molecule has 0 radical (unpaired) electrons. The maximum Gasteiger partial charge on any atom is 0.237 e. The summed E-state index contributed by atoms with van der Waals surface area (Å²) < 4.78 is 27.3. The van der Waals surface area contributed by atoms with E-state index < -0.39 is 28.5 Å². The van der Waals surface area contributed by atoms with E-state index in [9.17, 15) is 13.6 Å². The number of hydrogen-bond donors (Lipinski definition) is 1. The van der Waals surface area contributed by atoms with Crippen molar-refractivity contribution in [2.75, 3.05) is 5.32 Å². The zero-order chi connectivity index (χ0) is 19.4. The van der Waals surface area contributed by atoms with Crippen LogP contribution in [0.15, 0.2) is 47.8 Å². The first kappa shape index (κ1) is 19.5. The molecule has 0 saturated heterocycles. The van der Waals surface area contributed by atoms with E-state index in [0.29, 0.717) is 5.75 Å². The Kier molecular flexibility index (Phi) is 6.23. The lowest BCUT2D eigenvalue weighted by atomic mass is 10.2. The Morgan fingerprint density at radius 2 is 1.85 bits per heavy atom. The molecule has 0 saturated carbocycles. The minimum Gasteiger partial charge on any atom is -0.320 e. The van der Waals surface area contributed by atoms with Gasteiger partial charge in [-0.25, -0.2) is 13.8 Å². The molecular formula is C20H18F2N2OS2. The Bertz CT molecular complexity index is 921. The van der Waals surface area contributed by atoms with Crippen molar-refractivity contribution in [1.29, 1.82) is 0 Å².